The molecule has 0 aliphatic heterocycles. The van der Waals surface area contributed by atoms with Crippen LogP contribution in [0.2, 0.25) is 0 Å². The molecule has 0 saturated heterocycles. The van der Waals surface area contributed by atoms with E-state index in [2.05, 4.69) is 9.97 Å². The van der Waals surface area contributed by atoms with Crippen LogP contribution in [0.4, 0.5) is 10.1 Å². The number of hydrogen-bond acceptors (Lipinski definition) is 5. The highest BCUT2D eigenvalue weighted by atomic mass is 19.1. The van der Waals surface area contributed by atoms with Gasteiger partial charge in [-0.05, 0) is 41.5 Å². The third kappa shape index (κ3) is 2.76. The lowest BCUT2D eigenvalue weighted by Gasteiger charge is -2.28. The van der Waals surface area contributed by atoms with Crippen LogP contribution < -0.4 is 0 Å². The molecule has 6 nitrogen and oxygen atoms in total. The minimum atomic E-state index is -1.56. The summed E-state index contributed by atoms with van der Waals surface area (Å²) in [6.45, 7) is 0. The lowest BCUT2D eigenvalue weighted by Crippen LogP contribution is -2.33. The van der Waals surface area contributed by atoms with E-state index >= 15 is 0 Å². The summed E-state index contributed by atoms with van der Waals surface area (Å²) in [4.78, 5) is 31.3. The first-order chi connectivity index (χ1) is 12.1. The first-order valence-corrected chi connectivity index (χ1v) is 7.32. The molecule has 3 aromatic rings. The molecular formula is C18H12FN3O3. The third-order valence-electron chi connectivity index (χ3n) is 3.97. The molecular weight excluding hydrogens is 325 g/mol. The van der Waals surface area contributed by atoms with Gasteiger partial charge in [0.05, 0.1) is 4.92 Å². The van der Waals surface area contributed by atoms with E-state index in [1.54, 1.807) is 12.1 Å². The number of carbonyl (C=O) groups excluding carboxylic acids is 1. The van der Waals surface area contributed by atoms with E-state index in [9.17, 15) is 19.3 Å². The highest BCUT2D eigenvalue weighted by molar-refractivity contribution is 5.82. The van der Waals surface area contributed by atoms with Crippen molar-refractivity contribution in [3.8, 4) is 0 Å². The van der Waals surface area contributed by atoms with Crippen LogP contribution in [0.25, 0.3) is 0 Å². The van der Waals surface area contributed by atoms with Gasteiger partial charge < -0.3 is 4.79 Å². The van der Waals surface area contributed by atoms with Crippen molar-refractivity contribution in [2.24, 2.45) is 0 Å². The smallest absolute Gasteiger partial charge is 0.292 e. The van der Waals surface area contributed by atoms with Gasteiger partial charge in [0.2, 0.25) is 0 Å². The molecule has 0 radical (unpaired) electrons. The highest BCUT2D eigenvalue weighted by Crippen LogP contribution is 2.40. The van der Waals surface area contributed by atoms with Crippen LogP contribution in [0.1, 0.15) is 16.8 Å². The Morgan fingerprint density at radius 3 is 2.24 bits per heavy atom. The van der Waals surface area contributed by atoms with Crippen molar-refractivity contribution in [3.63, 3.8) is 0 Å². The second-order valence-corrected chi connectivity index (χ2v) is 5.30. The number of hydrogen-bond donors (Lipinski definition) is 0. The Bertz CT molecular complexity index is 916. The summed E-state index contributed by atoms with van der Waals surface area (Å²) in [5.41, 5.74) is -1.06. The molecule has 0 aliphatic carbocycles. The number of rotatable bonds is 5. The lowest BCUT2D eigenvalue weighted by molar-refractivity contribution is -0.386. The summed E-state index contributed by atoms with van der Waals surface area (Å²) in [6.07, 6.45) is 4.92. The first kappa shape index (κ1) is 16.4. The molecule has 0 amide bonds. The van der Waals surface area contributed by atoms with Gasteiger partial charge in [-0.15, -0.1) is 0 Å². The van der Waals surface area contributed by atoms with Crippen molar-refractivity contribution in [1.82, 2.24) is 9.97 Å². The maximum absolute atomic E-state index is 13.4. The van der Waals surface area contributed by atoms with E-state index in [0.29, 0.717) is 17.4 Å². The fraction of sp³-hybridized carbons (Fsp3) is 0.0556. The van der Waals surface area contributed by atoms with Crippen molar-refractivity contribution in [3.05, 3.63) is 99.9 Å². The Kier molecular flexibility index (Phi) is 4.30. The second-order valence-electron chi connectivity index (χ2n) is 5.30. The van der Waals surface area contributed by atoms with E-state index in [-0.39, 0.29) is 11.4 Å². The average molecular weight is 337 g/mol. The van der Waals surface area contributed by atoms with Crippen molar-refractivity contribution >= 4 is 12.0 Å². The number of benzene rings is 1. The van der Waals surface area contributed by atoms with Crippen molar-refractivity contribution < 1.29 is 14.1 Å². The largest absolute Gasteiger partial charge is 0.302 e. The summed E-state index contributed by atoms with van der Waals surface area (Å²) in [5.74, 6) is -0.478. The number of aldehydes is 1. The Balaban J connectivity index is 2.39. The minimum Gasteiger partial charge on any atom is -0.302 e. The number of aromatic nitrogens is 2. The van der Waals surface area contributed by atoms with Crippen LogP contribution in [0.15, 0.2) is 67.1 Å². The number of carbonyl (C=O) groups is 1. The molecule has 0 fully saturated rings. The quantitative estimate of drug-likeness (QED) is 0.406. The second kappa shape index (κ2) is 6.56. The van der Waals surface area contributed by atoms with Gasteiger partial charge >= 0.3 is 0 Å². The number of nitro groups is 1. The molecule has 7 heteroatoms. The van der Waals surface area contributed by atoms with E-state index < -0.39 is 16.2 Å². The highest BCUT2D eigenvalue weighted by Gasteiger charge is 2.42. The summed E-state index contributed by atoms with van der Waals surface area (Å²) in [5, 5.41) is 11.5. The third-order valence-corrected chi connectivity index (χ3v) is 3.97. The molecule has 1 atom stereocenters. The maximum atomic E-state index is 13.4. The molecule has 124 valence electrons. The van der Waals surface area contributed by atoms with Gasteiger partial charge in [-0.2, -0.15) is 0 Å². The number of nitrogens with zero attached hydrogens (tertiary/aromatic N) is 3. The zero-order valence-corrected chi connectivity index (χ0v) is 12.9. The van der Waals surface area contributed by atoms with E-state index in [1.165, 1.54) is 55.0 Å². The fourth-order valence-electron chi connectivity index (χ4n) is 2.81. The summed E-state index contributed by atoms with van der Waals surface area (Å²) in [7, 11) is 0. The van der Waals surface area contributed by atoms with Crippen molar-refractivity contribution in [2.45, 2.75) is 5.41 Å². The molecule has 2 heterocycles. The van der Waals surface area contributed by atoms with E-state index in [1.807, 2.05) is 0 Å². The summed E-state index contributed by atoms with van der Waals surface area (Å²) < 4.78 is 13.4. The Labute approximate surface area is 142 Å². The average Bonchev–Trinajstić information content (AvgIpc) is 2.65. The fourth-order valence-corrected chi connectivity index (χ4v) is 2.81. The van der Waals surface area contributed by atoms with E-state index in [4.69, 9.17) is 0 Å². The van der Waals surface area contributed by atoms with Gasteiger partial charge in [0.15, 0.2) is 0 Å². The number of pyridine rings is 2. The molecule has 1 unspecified atom stereocenters. The van der Waals surface area contributed by atoms with Crippen LogP contribution in [-0.4, -0.2) is 21.2 Å². The predicted molar refractivity (Wildman–Crippen MR) is 87.5 cm³/mol. The molecule has 25 heavy (non-hydrogen) atoms. The molecule has 0 saturated carbocycles. The zero-order chi connectivity index (χ0) is 17.9. The Morgan fingerprint density at radius 2 is 1.64 bits per heavy atom. The number of halogens is 1. The van der Waals surface area contributed by atoms with Gasteiger partial charge in [-0.3, -0.25) is 20.1 Å². The van der Waals surface area contributed by atoms with Crippen LogP contribution in [0, 0.1) is 15.9 Å². The molecule has 2 aromatic heterocycles. The predicted octanol–water partition coefficient (Wildman–Crippen LogP) is 3.06. The molecule has 1 aromatic carbocycles. The van der Waals surface area contributed by atoms with Crippen LogP contribution in [-0.2, 0) is 10.2 Å². The SMILES string of the molecule is O=CC(c1ccncc1)(c1ccc(F)cc1)c1ncccc1[N+](=O)[O-]. The minimum absolute atomic E-state index is 0.0344. The summed E-state index contributed by atoms with van der Waals surface area (Å²) >= 11 is 0. The summed E-state index contributed by atoms with van der Waals surface area (Å²) in [6, 6.07) is 11.1. The maximum Gasteiger partial charge on any atom is 0.292 e. The topological polar surface area (TPSA) is 86.0 Å². The normalized spacial score (nSPS) is 13.0. The Hall–Kier alpha value is -3.48. The van der Waals surface area contributed by atoms with Gasteiger partial charge in [0.25, 0.3) is 5.69 Å². The van der Waals surface area contributed by atoms with Crippen LogP contribution >= 0.6 is 0 Å². The molecule has 0 N–H and O–H groups in total. The van der Waals surface area contributed by atoms with Crippen molar-refractivity contribution in [1.29, 1.82) is 0 Å². The standard InChI is InChI=1S/C18H12FN3O3/c19-15-5-3-13(4-6-15)18(12-23,14-7-10-20-11-8-14)17-16(22(24)25)2-1-9-21-17/h1-12H. The molecule has 0 spiro atoms. The molecule has 0 bridgehead atoms. The molecule has 0 aliphatic rings. The van der Waals surface area contributed by atoms with Gasteiger partial charge in [-0.25, -0.2) is 4.39 Å². The Morgan fingerprint density at radius 1 is 1.00 bits per heavy atom. The monoisotopic (exact) mass is 337 g/mol. The van der Waals surface area contributed by atoms with E-state index in [0.717, 1.165) is 0 Å². The van der Waals surface area contributed by atoms with Gasteiger partial charge in [0, 0.05) is 24.7 Å². The first-order valence-electron chi connectivity index (χ1n) is 7.32. The molecule has 3 rings (SSSR count). The van der Waals surface area contributed by atoms with Gasteiger partial charge in [-0.1, -0.05) is 12.1 Å². The lowest BCUT2D eigenvalue weighted by atomic mass is 9.72. The van der Waals surface area contributed by atoms with Crippen molar-refractivity contribution in [2.75, 3.05) is 0 Å². The zero-order valence-electron chi connectivity index (χ0n) is 12.9. The van der Waals surface area contributed by atoms with Crippen LogP contribution in [0.5, 0.6) is 0 Å². The van der Waals surface area contributed by atoms with Gasteiger partial charge in [0.1, 0.15) is 23.2 Å². The van der Waals surface area contributed by atoms with Crippen LogP contribution in [0.3, 0.4) is 0 Å².